The molecule has 2 atom stereocenters. The second-order valence-electron chi connectivity index (χ2n) is 8.61. The molecule has 0 bridgehead atoms. The maximum Gasteiger partial charge on any atom is 0.375 e. The zero-order chi connectivity index (χ0) is 24.1. The van der Waals surface area contributed by atoms with Crippen molar-refractivity contribution in [2.75, 3.05) is 49.8 Å². The summed E-state index contributed by atoms with van der Waals surface area (Å²) < 4.78 is 8.55. The van der Waals surface area contributed by atoms with Crippen molar-refractivity contribution in [3.05, 3.63) is 18.1 Å². The molecule has 2 unspecified atom stereocenters. The van der Waals surface area contributed by atoms with E-state index in [-0.39, 0.29) is 11.9 Å². The molecule has 0 radical (unpaired) electrons. The van der Waals surface area contributed by atoms with E-state index >= 15 is 0 Å². The average Bonchev–Trinajstić information content (AvgIpc) is 3.50. The first-order valence-corrected chi connectivity index (χ1v) is 12.6. The molecule has 186 valence electrons. The van der Waals surface area contributed by atoms with E-state index in [1.54, 1.807) is 13.1 Å². The van der Waals surface area contributed by atoms with Gasteiger partial charge in [-0.05, 0) is 54.7 Å². The summed E-state index contributed by atoms with van der Waals surface area (Å²) in [6.45, 7) is 6.90. The van der Waals surface area contributed by atoms with Crippen LogP contribution in [-0.4, -0.2) is 96.8 Å². The molecule has 3 N–H and O–H groups in total. The van der Waals surface area contributed by atoms with E-state index in [1.165, 1.54) is 0 Å². The number of tetrazole rings is 1. The number of nitrogens with one attached hydrogen (secondary N) is 2. The van der Waals surface area contributed by atoms with Crippen molar-refractivity contribution in [1.29, 1.82) is 0 Å². The summed E-state index contributed by atoms with van der Waals surface area (Å²) in [7, 11) is 1.08. The second kappa shape index (κ2) is 10.7. The predicted octanol–water partition coefficient (Wildman–Crippen LogP) is 0.556. The van der Waals surface area contributed by atoms with E-state index in [0.29, 0.717) is 43.2 Å². The Bertz CT molecular complexity index is 998. The number of hydrazine groups is 1. The highest BCUT2D eigenvalue weighted by atomic mass is 32.2. The lowest BCUT2D eigenvalue weighted by molar-refractivity contribution is 0.109. The Kier molecular flexibility index (Phi) is 7.70. The van der Waals surface area contributed by atoms with Gasteiger partial charge in [-0.25, -0.2) is 14.8 Å². The minimum absolute atomic E-state index is 0.192. The Morgan fingerprint density at radius 1 is 1.41 bits per heavy atom. The van der Waals surface area contributed by atoms with Crippen LogP contribution < -0.4 is 14.6 Å². The van der Waals surface area contributed by atoms with Crippen molar-refractivity contribution in [3.8, 4) is 0 Å². The molecule has 2 aliphatic heterocycles. The molecule has 4 heterocycles. The first kappa shape index (κ1) is 24.4. The number of carbonyl (C=O) groups excluding carboxylic acids is 1. The number of piperidine rings is 1. The monoisotopic (exact) mass is 492 g/mol. The van der Waals surface area contributed by atoms with Crippen LogP contribution in [0, 0.1) is 5.92 Å². The fourth-order valence-electron chi connectivity index (χ4n) is 4.15. The van der Waals surface area contributed by atoms with Gasteiger partial charge in [-0.15, -0.1) is 10.2 Å². The standard InChI is InChI=1S/C20H32N10O3S/c1-4-33-19(32)34-14-20(2,13-22-34)30(29-9-6-15(12-31)7-10-29)18-21-8-5-17(23-18)28(3)11-16-24-26-27-25-16/h5,8,14-15,22,31H,4,6-7,9-13H2,1-3H3,(H,24,25,26,27). The van der Waals surface area contributed by atoms with Crippen LogP contribution in [0.2, 0.25) is 0 Å². The molecule has 0 saturated carbocycles. The van der Waals surface area contributed by atoms with Gasteiger partial charge in [0.15, 0.2) is 5.82 Å². The summed E-state index contributed by atoms with van der Waals surface area (Å²) >= 11 is 0. The van der Waals surface area contributed by atoms with Crippen LogP contribution in [0.15, 0.2) is 12.3 Å². The van der Waals surface area contributed by atoms with Gasteiger partial charge in [0.25, 0.3) is 0 Å². The normalized spacial score (nSPS) is 23.5. The van der Waals surface area contributed by atoms with Gasteiger partial charge in [0.05, 0.1) is 18.7 Å². The summed E-state index contributed by atoms with van der Waals surface area (Å²) in [4.78, 5) is 23.8. The molecule has 0 aliphatic carbocycles. The Balaban J connectivity index is 1.64. The zero-order valence-electron chi connectivity index (χ0n) is 19.7. The minimum atomic E-state index is -0.822. The second-order valence-corrected chi connectivity index (χ2v) is 10.1. The molecule has 34 heavy (non-hydrogen) atoms. The summed E-state index contributed by atoms with van der Waals surface area (Å²) in [6, 6.07) is 1.84. The fraction of sp³-hybridized carbons (Fsp3) is 0.650. The van der Waals surface area contributed by atoms with Crippen LogP contribution in [0.4, 0.5) is 16.6 Å². The van der Waals surface area contributed by atoms with Crippen molar-refractivity contribution in [2.24, 2.45) is 5.92 Å². The van der Waals surface area contributed by atoms with Crippen LogP contribution in [0.25, 0.3) is 0 Å². The van der Waals surface area contributed by atoms with Crippen molar-refractivity contribution >= 4 is 33.1 Å². The van der Waals surface area contributed by atoms with Gasteiger partial charge in [-0.3, -0.25) is 9.73 Å². The maximum absolute atomic E-state index is 12.4. The fourth-order valence-corrected chi connectivity index (χ4v) is 5.83. The number of ether oxygens (including phenoxy) is 1. The smallest absolute Gasteiger partial charge is 0.375 e. The zero-order valence-corrected chi connectivity index (χ0v) is 20.5. The molecule has 2 aliphatic rings. The lowest BCUT2D eigenvalue weighted by Gasteiger charge is -2.46. The number of H-pyrrole nitrogens is 1. The molecule has 4 rings (SSSR count). The van der Waals surface area contributed by atoms with E-state index in [9.17, 15) is 9.90 Å². The molecule has 0 spiro atoms. The summed E-state index contributed by atoms with van der Waals surface area (Å²) in [5.74, 6) is 2.10. The summed E-state index contributed by atoms with van der Waals surface area (Å²) in [5, 5.41) is 29.7. The van der Waals surface area contributed by atoms with Crippen molar-refractivity contribution in [1.82, 2.24) is 40.3 Å². The highest BCUT2D eigenvalue weighted by molar-refractivity contribution is 8.26. The van der Waals surface area contributed by atoms with Gasteiger partial charge in [-0.2, -0.15) is 10.2 Å². The quantitative estimate of drug-likeness (QED) is 0.349. The minimum Gasteiger partial charge on any atom is -0.457 e. The predicted molar refractivity (Wildman–Crippen MR) is 129 cm³/mol. The number of anilines is 2. The number of aromatic amines is 1. The topological polar surface area (TPSA) is 149 Å². The Morgan fingerprint density at radius 3 is 2.88 bits per heavy atom. The lowest BCUT2D eigenvalue weighted by atomic mass is 9.98. The number of aliphatic hydroxyl groups excluding tert-OH is 1. The van der Waals surface area contributed by atoms with E-state index in [0.717, 1.165) is 25.9 Å². The van der Waals surface area contributed by atoms with Crippen molar-refractivity contribution in [2.45, 2.75) is 38.8 Å². The van der Waals surface area contributed by atoms with Crippen LogP contribution in [0.1, 0.15) is 32.5 Å². The maximum atomic E-state index is 12.4. The molecule has 1 fully saturated rings. The third-order valence-electron chi connectivity index (χ3n) is 5.99. The van der Waals surface area contributed by atoms with E-state index in [4.69, 9.17) is 9.72 Å². The molecular weight excluding hydrogens is 460 g/mol. The first-order valence-electron chi connectivity index (χ1n) is 11.4. The molecule has 0 amide bonds. The number of carbonyl (C=O) groups is 1. The largest absolute Gasteiger partial charge is 0.457 e. The number of rotatable bonds is 8. The first-order chi connectivity index (χ1) is 16.4. The highest BCUT2D eigenvalue weighted by Crippen LogP contribution is 2.33. The number of hydrogen-bond donors (Lipinski definition) is 3. The van der Waals surface area contributed by atoms with E-state index in [2.05, 4.69) is 47.3 Å². The van der Waals surface area contributed by atoms with E-state index in [1.807, 2.05) is 23.4 Å². The van der Waals surface area contributed by atoms with Gasteiger partial charge in [-0.1, -0.05) is 5.21 Å². The van der Waals surface area contributed by atoms with Crippen molar-refractivity contribution < 1.29 is 14.6 Å². The van der Waals surface area contributed by atoms with Gasteiger partial charge in [0.1, 0.15) is 5.82 Å². The molecule has 1 saturated heterocycles. The van der Waals surface area contributed by atoms with Crippen LogP contribution in [-0.2, 0) is 11.3 Å². The van der Waals surface area contributed by atoms with Crippen LogP contribution in [0.3, 0.4) is 0 Å². The SMILES string of the molecule is CCOC(=O)S1=CC(C)(N(c2nccc(N(C)Cc3nn[nH]n3)n2)N2CCC(CO)CC2)CN1. The number of aliphatic hydroxyl groups is 1. The number of hydrogen-bond acceptors (Lipinski definition) is 12. The Labute approximate surface area is 200 Å². The van der Waals surface area contributed by atoms with Gasteiger partial charge >= 0.3 is 5.30 Å². The Hall–Kier alpha value is -2.68. The third-order valence-corrected chi connectivity index (χ3v) is 7.67. The number of nitrogens with zero attached hydrogens (tertiary/aromatic N) is 8. The number of aromatic nitrogens is 6. The lowest BCUT2D eigenvalue weighted by Crippen LogP contribution is -2.61. The van der Waals surface area contributed by atoms with Crippen LogP contribution in [0.5, 0.6) is 0 Å². The van der Waals surface area contributed by atoms with Crippen LogP contribution >= 0.6 is 10.7 Å². The molecule has 2 aromatic heterocycles. The highest BCUT2D eigenvalue weighted by Gasteiger charge is 2.42. The Morgan fingerprint density at radius 2 is 2.21 bits per heavy atom. The molecule has 13 nitrogen and oxygen atoms in total. The summed E-state index contributed by atoms with van der Waals surface area (Å²) in [5.41, 5.74) is -0.549. The van der Waals surface area contributed by atoms with Gasteiger partial charge in [0, 0.05) is 39.5 Å². The van der Waals surface area contributed by atoms with Gasteiger partial charge < -0.3 is 14.7 Å². The molecule has 14 heteroatoms. The van der Waals surface area contributed by atoms with E-state index < -0.39 is 16.2 Å². The third kappa shape index (κ3) is 5.35. The molecule has 2 aromatic rings. The average molecular weight is 493 g/mol. The molecular formula is C20H32N10O3S. The van der Waals surface area contributed by atoms with Crippen molar-refractivity contribution in [3.63, 3.8) is 0 Å². The molecule has 0 aromatic carbocycles. The van der Waals surface area contributed by atoms with Gasteiger partial charge in [0.2, 0.25) is 5.95 Å². The summed E-state index contributed by atoms with van der Waals surface area (Å²) in [6.07, 6.45) is 3.48.